The van der Waals surface area contributed by atoms with E-state index in [2.05, 4.69) is 15.3 Å². The number of benzene rings is 2. The number of urea groups is 1. The summed E-state index contributed by atoms with van der Waals surface area (Å²) in [5.74, 6) is -0.996. The zero-order valence-corrected chi connectivity index (χ0v) is 22.2. The van der Waals surface area contributed by atoms with Gasteiger partial charge in [0.15, 0.2) is 0 Å². The predicted octanol–water partition coefficient (Wildman–Crippen LogP) is 5.03. The van der Waals surface area contributed by atoms with E-state index in [0.29, 0.717) is 5.56 Å². The lowest BCUT2D eigenvalue weighted by Gasteiger charge is -2.39. The quantitative estimate of drug-likeness (QED) is 0.443. The van der Waals surface area contributed by atoms with E-state index in [9.17, 15) is 27.6 Å². The molecular formula is C28H28F3N5O4. The maximum Gasteiger partial charge on any atom is 0.418 e. The molecule has 1 aliphatic heterocycles. The number of alkyl halides is 3. The molecule has 0 radical (unpaired) electrons. The number of aryl methyl sites for hydroxylation is 1. The lowest BCUT2D eigenvalue weighted by molar-refractivity contribution is -0.136. The Bertz CT molecular complexity index is 1410. The molecule has 0 spiro atoms. The van der Waals surface area contributed by atoms with Gasteiger partial charge in [0.1, 0.15) is 17.1 Å². The Morgan fingerprint density at radius 1 is 1.02 bits per heavy atom. The van der Waals surface area contributed by atoms with Crippen molar-refractivity contribution in [2.75, 3.05) is 31.6 Å². The molecule has 12 heteroatoms. The van der Waals surface area contributed by atoms with Gasteiger partial charge in [0.2, 0.25) is 0 Å². The van der Waals surface area contributed by atoms with Gasteiger partial charge in [-0.3, -0.25) is 4.79 Å². The number of para-hydroxylation sites is 1. The second kappa shape index (κ2) is 11.7. The molecule has 1 unspecified atom stereocenters. The Labute approximate surface area is 229 Å². The van der Waals surface area contributed by atoms with E-state index < -0.39 is 35.7 Å². The fourth-order valence-electron chi connectivity index (χ4n) is 4.55. The first-order valence-corrected chi connectivity index (χ1v) is 12.7. The number of halogens is 3. The molecule has 0 aliphatic carbocycles. The number of carbonyl (C=O) groups is 3. The van der Waals surface area contributed by atoms with Gasteiger partial charge in [-0.1, -0.05) is 42.5 Å². The highest BCUT2D eigenvalue weighted by Crippen LogP contribution is 2.35. The molecule has 4 rings (SSSR count). The second-order valence-corrected chi connectivity index (χ2v) is 9.20. The summed E-state index contributed by atoms with van der Waals surface area (Å²) in [5, 5.41) is 2.35. The van der Waals surface area contributed by atoms with Crippen LogP contribution in [0.15, 0.2) is 54.6 Å². The fraction of sp³-hybridized carbons (Fsp3) is 0.321. The number of aromatic nitrogens is 2. The number of rotatable bonds is 5. The summed E-state index contributed by atoms with van der Waals surface area (Å²) in [7, 11) is 0. The van der Waals surface area contributed by atoms with Crippen molar-refractivity contribution in [2.24, 2.45) is 0 Å². The summed E-state index contributed by atoms with van der Waals surface area (Å²) >= 11 is 0. The SMILES string of the molecule is CCOC(=O)c1c(C(=O)N2CCN(C(=O)Nc3ccccc3C(F)(F)F)C(C)C2)nc(C)nc1-c1ccccc1. The summed E-state index contributed by atoms with van der Waals surface area (Å²) in [5.41, 5.74) is -0.600. The largest absolute Gasteiger partial charge is 0.462 e. The Morgan fingerprint density at radius 3 is 2.35 bits per heavy atom. The van der Waals surface area contributed by atoms with Gasteiger partial charge in [-0.15, -0.1) is 0 Å². The maximum absolute atomic E-state index is 13.7. The molecule has 1 N–H and O–H groups in total. The molecule has 2 aromatic carbocycles. The summed E-state index contributed by atoms with van der Waals surface area (Å²) in [6.45, 7) is 5.22. The average molecular weight is 556 g/mol. The minimum Gasteiger partial charge on any atom is -0.462 e. The number of esters is 1. The number of nitrogens with one attached hydrogen (secondary N) is 1. The molecule has 2 heterocycles. The van der Waals surface area contributed by atoms with E-state index in [0.717, 1.165) is 6.07 Å². The molecule has 0 saturated carbocycles. The second-order valence-electron chi connectivity index (χ2n) is 9.20. The third-order valence-corrected chi connectivity index (χ3v) is 6.40. The van der Waals surface area contributed by atoms with E-state index in [-0.39, 0.29) is 54.7 Å². The van der Waals surface area contributed by atoms with Crippen LogP contribution in [-0.4, -0.2) is 70.0 Å². The molecule has 3 aromatic rings. The monoisotopic (exact) mass is 555 g/mol. The minimum absolute atomic E-state index is 0.0528. The normalized spacial score (nSPS) is 15.5. The van der Waals surface area contributed by atoms with Crippen molar-refractivity contribution >= 4 is 23.6 Å². The highest BCUT2D eigenvalue weighted by molar-refractivity contribution is 6.07. The molecule has 0 bridgehead atoms. The standard InChI is InChI=1S/C28H28F3N5O4/c1-4-40-26(38)22-23(19-10-6-5-7-11-19)32-18(3)33-24(22)25(37)35-14-15-36(17(2)16-35)27(39)34-21-13-9-8-12-20(21)28(29,30)31/h5-13,17H,4,14-16H2,1-3H3,(H,34,39). The molecule has 1 fully saturated rings. The van der Waals surface area contributed by atoms with E-state index >= 15 is 0 Å². The molecule has 3 amide bonds. The maximum atomic E-state index is 13.7. The summed E-state index contributed by atoms with van der Waals surface area (Å²) < 4.78 is 45.3. The molecule has 210 valence electrons. The van der Waals surface area contributed by atoms with Gasteiger partial charge in [-0.05, 0) is 32.9 Å². The fourth-order valence-corrected chi connectivity index (χ4v) is 4.55. The van der Waals surface area contributed by atoms with Crippen molar-refractivity contribution < 1.29 is 32.3 Å². The molecule has 1 atom stereocenters. The van der Waals surface area contributed by atoms with E-state index in [1.54, 1.807) is 45.0 Å². The van der Waals surface area contributed by atoms with Gasteiger partial charge >= 0.3 is 18.2 Å². The zero-order valence-electron chi connectivity index (χ0n) is 22.2. The number of hydrogen-bond acceptors (Lipinski definition) is 6. The number of carbonyl (C=O) groups excluding carboxylic acids is 3. The first-order chi connectivity index (χ1) is 19.0. The van der Waals surface area contributed by atoms with Crippen LogP contribution in [0.2, 0.25) is 0 Å². The molecule has 1 aromatic heterocycles. The number of ether oxygens (including phenoxy) is 1. The van der Waals surface area contributed by atoms with Crippen LogP contribution in [0, 0.1) is 6.92 Å². The van der Waals surface area contributed by atoms with E-state index in [1.807, 2.05) is 6.07 Å². The lowest BCUT2D eigenvalue weighted by Crippen LogP contribution is -2.56. The molecule has 1 aliphatic rings. The highest BCUT2D eigenvalue weighted by Gasteiger charge is 2.36. The highest BCUT2D eigenvalue weighted by atomic mass is 19.4. The van der Waals surface area contributed by atoms with Gasteiger partial charge in [0.05, 0.1) is 23.6 Å². The van der Waals surface area contributed by atoms with Crippen LogP contribution in [0.25, 0.3) is 11.3 Å². The van der Waals surface area contributed by atoms with Crippen LogP contribution >= 0.6 is 0 Å². The first-order valence-electron chi connectivity index (χ1n) is 12.7. The van der Waals surface area contributed by atoms with Gasteiger partial charge in [-0.2, -0.15) is 13.2 Å². The Hall–Kier alpha value is -4.48. The third-order valence-electron chi connectivity index (χ3n) is 6.40. The number of piperazine rings is 1. The van der Waals surface area contributed by atoms with Crippen molar-refractivity contribution in [3.05, 3.63) is 77.2 Å². The van der Waals surface area contributed by atoms with Crippen molar-refractivity contribution in [1.29, 1.82) is 0 Å². The molecule has 40 heavy (non-hydrogen) atoms. The minimum atomic E-state index is -4.63. The summed E-state index contributed by atoms with van der Waals surface area (Å²) in [4.78, 5) is 51.2. The van der Waals surface area contributed by atoms with Crippen LogP contribution in [0.1, 0.15) is 46.1 Å². The van der Waals surface area contributed by atoms with Crippen LogP contribution in [0.5, 0.6) is 0 Å². The zero-order chi connectivity index (χ0) is 29.0. The number of hydrogen-bond donors (Lipinski definition) is 1. The van der Waals surface area contributed by atoms with Crippen LogP contribution in [0.4, 0.5) is 23.7 Å². The van der Waals surface area contributed by atoms with Gasteiger partial charge in [0, 0.05) is 31.2 Å². The molecular weight excluding hydrogens is 527 g/mol. The van der Waals surface area contributed by atoms with Gasteiger partial charge < -0.3 is 19.9 Å². The lowest BCUT2D eigenvalue weighted by atomic mass is 10.0. The number of nitrogens with zero attached hydrogens (tertiary/aromatic N) is 4. The van der Waals surface area contributed by atoms with E-state index in [4.69, 9.17) is 4.74 Å². The van der Waals surface area contributed by atoms with Gasteiger partial charge in [-0.25, -0.2) is 19.6 Å². The number of anilines is 1. The summed E-state index contributed by atoms with van der Waals surface area (Å²) in [6.07, 6.45) is -4.63. The van der Waals surface area contributed by atoms with Crippen molar-refractivity contribution in [3.8, 4) is 11.3 Å². The molecule has 1 saturated heterocycles. The predicted molar refractivity (Wildman–Crippen MR) is 141 cm³/mol. The van der Waals surface area contributed by atoms with Crippen LogP contribution < -0.4 is 5.32 Å². The smallest absolute Gasteiger partial charge is 0.418 e. The summed E-state index contributed by atoms with van der Waals surface area (Å²) in [6, 6.07) is 12.4. The Morgan fingerprint density at radius 2 is 1.70 bits per heavy atom. The Kier molecular flexibility index (Phi) is 8.36. The van der Waals surface area contributed by atoms with Gasteiger partial charge in [0.25, 0.3) is 5.91 Å². The number of amides is 3. The van der Waals surface area contributed by atoms with Crippen molar-refractivity contribution in [2.45, 2.75) is 33.0 Å². The van der Waals surface area contributed by atoms with Crippen LogP contribution in [0.3, 0.4) is 0 Å². The third kappa shape index (κ3) is 6.05. The van der Waals surface area contributed by atoms with E-state index in [1.165, 1.54) is 28.0 Å². The molecule has 9 nitrogen and oxygen atoms in total. The van der Waals surface area contributed by atoms with Crippen LogP contribution in [-0.2, 0) is 10.9 Å². The average Bonchev–Trinajstić information content (AvgIpc) is 2.92. The van der Waals surface area contributed by atoms with Crippen molar-refractivity contribution in [3.63, 3.8) is 0 Å². The Balaban J connectivity index is 1.58. The first kappa shape index (κ1) is 28.5. The van der Waals surface area contributed by atoms with Crippen molar-refractivity contribution in [1.82, 2.24) is 19.8 Å². The topological polar surface area (TPSA) is 105 Å².